The van der Waals surface area contributed by atoms with Gasteiger partial charge in [-0.3, -0.25) is 0 Å². The summed E-state index contributed by atoms with van der Waals surface area (Å²) in [5.41, 5.74) is 1.08. The summed E-state index contributed by atoms with van der Waals surface area (Å²) in [4.78, 5) is 0. The number of rotatable bonds is 6. The van der Waals surface area contributed by atoms with Crippen LogP contribution >= 0.6 is 0 Å². The Morgan fingerprint density at radius 3 is 2.16 bits per heavy atom. The first-order chi connectivity index (χ1) is 9.31. The maximum atomic E-state index is 5.71. The molecule has 19 heavy (non-hydrogen) atoms. The lowest BCUT2D eigenvalue weighted by Crippen LogP contribution is -1.96. The second-order valence-corrected chi connectivity index (χ2v) is 4.04. The Bertz CT molecular complexity index is 506. The molecule has 0 aliphatic carbocycles. The summed E-state index contributed by atoms with van der Waals surface area (Å²) < 4.78 is 16.3. The molecule has 0 atom stereocenters. The monoisotopic (exact) mass is 258 g/mol. The van der Waals surface area contributed by atoms with Gasteiger partial charge in [0, 0.05) is 0 Å². The van der Waals surface area contributed by atoms with Crippen molar-refractivity contribution in [1.82, 2.24) is 0 Å². The quantitative estimate of drug-likeness (QED) is 0.791. The van der Waals surface area contributed by atoms with Crippen LogP contribution in [-0.2, 0) is 6.61 Å². The van der Waals surface area contributed by atoms with Gasteiger partial charge >= 0.3 is 0 Å². The van der Waals surface area contributed by atoms with Gasteiger partial charge in [0.15, 0.2) is 0 Å². The highest BCUT2D eigenvalue weighted by Crippen LogP contribution is 2.19. The lowest BCUT2D eigenvalue weighted by Gasteiger charge is -2.08. The van der Waals surface area contributed by atoms with Crippen LogP contribution in [0.4, 0.5) is 0 Å². The molecule has 0 aromatic heterocycles. The summed E-state index contributed by atoms with van der Waals surface area (Å²) in [6.07, 6.45) is 0. The molecular weight excluding hydrogens is 240 g/mol. The Hall–Kier alpha value is -2.16. The maximum absolute atomic E-state index is 5.71. The van der Waals surface area contributed by atoms with Crippen LogP contribution < -0.4 is 14.2 Å². The van der Waals surface area contributed by atoms with Crippen molar-refractivity contribution in [3.8, 4) is 17.2 Å². The highest BCUT2D eigenvalue weighted by molar-refractivity contribution is 5.32. The average Bonchev–Trinajstić information content (AvgIpc) is 2.47. The predicted octanol–water partition coefficient (Wildman–Crippen LogP) is 3.67. The summed E-state index contributed by atoms with van der Waals surface area (Å²) in [5, 5.41) is 0. The standard InChI is InChI=1S/C16H18O3/c1-3-18-14-7-9-15(10-8-14)19-12-13-5-4-6-16(11-13)17-2/h4-11H,3,12H2,1-2H3. The van der Waals surface area contributed by atoms with E-state index in [-0.39, 0.29) is 0 Å². The van der Waals surface area contributed by atoms with Gasteiger partial charge < -0.3 is 14.2 Å². The minimum Gasteiger partial charge on any atom is -0.497 e. The van der Waals surface area contributed by atoms with Crippen molar-refractivity contribution in [2.75, 3.05) is 13.7 Å². The summed E-state index contributed by atoms with van der Waals surface area (Å²) in [6.45, 7) is 3.16. The fourth-order valence-electron chi connectivity index (χ4n) is 1.73. The van der Waals surface area contributed by atoms with Crippen LogP contribution in [0.2, 0.25) is 0 Å². The van der Waals surface area contributed by atoms with Crippen LogP contribution in [-0.4, -0.2) is 13.7 Å². The van der Waals surface area contributed by atoms with E-state index in [2.05, 4.69) is 0 Å². The number of hydrogen-bond donors (Lipinski definition) is 0. The Labute approximate surface area is 113 Å². The third kappa shape index (κ3) is 3.91. The van der Waals surface area contributed by atoms with Crippen LogP contribution in [0.25, 0.3) is 0 Å². The van der Waals surface area contributed by atoms with E-state index in [0.29, 0.717) is 13.2 Å². The maximum Gasteiger partial charge on any atom is 0.120 e. The molecule has 0 aliphatic heterocycles. The zero-order valence-corrected chi connectivity index (χ0v) is 11.3. The molecule has 0 unspecified atom stereocenters. The zero-order valence-electron chi connectivity index (χ0n) is 11.3. The minimum absolute atomic E-state index is 0.519. The van der Waals surface area contributed by atoms with Crippen molar-refractivity contribution in [2.45, 2.75) is 13.5 Å². The molecule has 100 valence electrons. The van der Waals surface area contributed by atoms with Crippen molar-refractivity contribution in [3.63, 3.8) is 0 Å². The van der Waals surface area contributed by atoms with Gasteiger partial charge in [0.2, 0.25) is 0 Å². The van der Waals surface area contributed by atoms with Gasteiger partial charge in [-0.25, -0.2) is 0 Å². The smallest absolute Gasteiger partial charge is 0.120 e. The van der Waals surface area contributed by atoms with E-state index in [0.717, 1.165) is 22.8 Å². The molecule has 0 heterocycles. The molecular formula is C16H18O3. The fourth-order valence-corrected chi connectivity index (χ4v) is 1.73. The van der Waals surface area contributed by atoms with Gasteiger partial charge in [-0.1, -0.05) is 12.1 Å². The summed E-state index contributed by atoms with van der Waals surface area (Å²) in [6, 6.07) is 15.5. The van der Waals surface area contributed by atoms with Gasteiger partial charge in [-0.05, 0) is 48.9 Å². The molecule has 2 rings (SSSR count). The van der Waals surface area contributed by atoms with Crippen LogP contribution in [0, 0.1) is 0 Å². The minimum atomic E-state index is 0.519. The highest BCUT2D eigenvalue weighted by atomic mass is 16.5. The topological polar surface area (TPSA) is 27.7 Å². The first kappa shape index (κ1) is 13.3. The SMILES string of the molecule is CCOc1ccc(OCc2cccc(OC)c2)cc1. The van der Waals surface area contributed by atoms with Crippen LogP contribution in [0.15, 0.2) is 48.5 Å². The normalized spacial score (nSPS) is 10.0. The largest absolute Gasteiger partial charge is 0.497 e. The van der Waals surface area contributed by atoms with E-state index in [4.69, 9.17) is 14.2 Å². The van der Waals surface area contributed by atoms with Gasteiger partial charge in [0.25, 0.3) is 0 Å². The number of methoxy groups -OCH3 is 1. The molecule has 0 saturated carbocycles. The van der Waals surface area contributed by atoms with Gasteiger partial charge in [-0.15, -0.1) is 0 Å². The molecule has 0 N–H and O–H groups in total. The Morgan fingerprint density at radius 2 is 1.53 bits per heavy atom. The molecule has 0 spiro atoms. The second kappa shape index (κ2) is 6.69. The van der Waals surface area contributed by atoms with Crippen LogP contribution in [0.3, 0.4) is 0 Å². The predicted molar refractivity (Wildman–Crippen MR) is 74.9 cm³/mol. The van der Waals surface area contributed by atoms with E-state index in [1.165, 1.54) is 0 Å². The lowest BCUT2D eigenvalue weighted by atomic mass is 10.2. The van der Waals surface area contributed by atoms with Gasteiger partial charge in [0.05, 0.1) is 13.7 Å². The second-order valence-electron chi connectivity index (χ2n) is 4.04. The summed E-state index contributed by atoms with van der Waals surface area (Å²) in [7, 11) is 1.66. The molecule has 0 bridgehead atoms. The van der Waals surface area contributed by atoms with Crippen molar-refractivity contribution in [2.24, 2.45) is 0 Å². The fraction of sp³-hybridized carbons (Fsp3) is 0.250. The number of hydrogen-bond acceptors (Lipinski definition) is 3. The van der Waals surface area contributed by atoms with E-state index < -0.39 is 0 Å². The summed E-state index contributed by atoms with van der Waals surface area (Å²) >= 11 is 0. The zero-order chi connectivity index (χ0) is 13.5. The number of benzene rings is 2. The van der Waals surface area contributed by atoms with Crippen molar-refractivity contribution in [3.05, 3.63) is 54.1 Å². The molecule has 0 aliphatic rings. The Kier molecular flexibility index (Phi) is 4.67. The van der Waals surface area contributed by atoms with Crippen molar-refractivity contribution >= 4 is 0 Å². The molecule has 0 radical (unpaired) electrons. The number of ether oxygens (including phenoxy) is 3. The average molecular weight is 258 g/mol. The third-order valence-electron chi connectivity index (χ3n) is 2.67. The molecule has 0 amide bonds. The van der Waals surface area contributed by atoms with Gasteiger partial charge in [-0.2, -0.15) is 0 Å². The van der Waals surface area contributed by atoms with Gasteiger partial charge in [0.1, 0.15) is 23.9 Å². The molecule has 0 saturated heterocycles. The van der Waals surface area contributed by atoms with E-state index in [9.17, 15) is 0 Å². The molecule has 2 aromatic rings. The third-order valence-corrected chi connectivity index (χ3v) is 2.67. The van der Waals surface area contributed by atoms with E-state index in [1.807, 2.05) is 55.5 Å². The highest BCUT2D eigenvalue weighted by Gasteiger charge is 1.99. The molecule has 3 heteroatoms. The first-order valence-corrected chi connectivity index (χ1v) is 6.30. The Morgan fingerprint density at radius 1 is 0.842 bits per heavy atom. The molecule has 0 fully saturated rings. The molecule has 3 nitrogen and oxygen atoms in total. The van der Waals surface area contributed by atoms with E-state index >= 15 is 0 Å². The van der Waals surface area contributed by atoms with Crippen molar-refractivity contribution < 1.29 is 14.2 Å². The Balaban J connectivity index is 1.94. The van der Waals surface area contributed by atoms with E-state index in [1.54, 1.807) is 7.11 Å². The first-order valence-electron chi connectivity index (χ1n) is 6.30. The summed E-state index contributed by atoms with van der Waals surface area (Å²) in [5.74, 6) is 2.52. The van der Waals surface area contributed by atoms with Crippen molar-refractivity contribution in [1.29, 1.82) is 0 Å². The molecule has 2 aromatic carbocycles. The van der Waals surface area contributed by atoms with Crippen LogP contribution in [0.5, 0.6) is 17.2 Å². The lowest BCUT2D eigenvalue weighted by molar-refractivity contribution is 0.303. The van der Waals surface area contributed by atoms with Crippen LogP contribution in [0.1, 0.15) is 12.5 Å².